The van der Waals surface area contributed by atoms with E-state index in [2.05, 4.69) is 0 Å². The third-order valence-corrected chi connectivity index (χ3v) is 5.38. The van der Waals surface area contributed by atoms with E-state index < -0.39 is 11.6 Å². The van der Waals surface area contributed by atoms with Crippen molar-refractivity contribution in [2.75, 3.05) is 13.6 Å². The number of amides is 2. The highest BCUT2D eigenvalue weighted by Gasteiger charge is 2.38. The zero-order chi connectivity index (χ0) is 17.3. The van der Waals surface area contributed by atoms with Gasteiger partial charge in [0.15, 0.2) is 0 Å². The summed E-state index contributed by atoms with van der Waals surface area (Å²) >= 11 is 0. The van der Waals surface area contributed by atoms with E-state index >= 15 is 0 Å². The van der Waals surface area contributed by atoms with Gasteiger partial charge in [0.05, 0.1) is 5.60 Å². The standard InChI is InChI=1S/C19H26N2O3/c1-14(22)21-12-16-8-4-3-7-15(16)11-17(21)18(23)20(2)13-19(24)9-5-6-10-19/h3-4,7-8,17,24H,5-6,9-13H2,1-2H3. The Bertz CT molecular complexity index is 637. The number of likely N-dealkylation sites (N-methyl/N-ethyl adjacent to an activating group) is 1. The highest BCUT2D eigenvalue weighted by molar-refractivity contribution is 5.87. The van der Waals surface area contributed by atoms with Crippen molar-refractivity contribution in [1.82, 2.24) is 9.80 Å². The van der Waals surface area contributed by atoms with Gasteiger partial charge in [0.25, 0.3) is 0 Å². The van der Waals surface area contributed by atoms with Crippen LogP contribution in [0.3, 0.4) is 0 Å². The summed E-state index contributed by atoms with van der Waals surface area (Å²) in [5, 5.41) is 10.6. The molecule has 3 rings (SSSR count). The van der Waals surface area contributed by atoms with Gasteiger partial charge in [0.2, 0.25) is 11.8 Å². The van der Waals surface area contributed by atoms with Crippen molar-refractivity contribution >= 4 is 11.8 Å². The maximum atomic E-state index is 13.0. The molecule has 0 radical (unpaired) electrons. The SMILES string of the molecule is CC(=O)N1Cc2ccccc2CC1C(=O)N(C)CC1(O)CCCC1. The molecule has 1 unspecified atom stereocenters. The van der Waals surface area contributed by atoms with E-state index in [1.165, 1.54) is 6.92 Å². The Kier molecular flexibility index (Phi) is 4.63. The van der Waals surface area contributed by atoms with E-state index in [1.54, 1.807) is 16.8 Å². The van der Waals surface area contributed by atoms with Crippen LogP contribution in [0.15, 0.2) is 24.3 Å². The van der Waals surface area contributed by atoms with Crippen LogP contribution in [0, 0.1) is 0 Å². The van der Waals surface area contributed by atoms with Gasteiger partial charge in [-0.3, -0.25) is 9.59 Å². The third-order valence-electron chi connectivity index (χ3n) is 5.38. The fourth-order valence-corrected chi connectivity index (χ4v) is 4.04. The predicted octanol–water partition coefficient (Wildman–Crippen LogP) is 1.72. The van der Waals surface area contributed by atoms with Gasteiger partial charge in [-0.25, -0.2) is 0 Å². The minimum atomic E-state index is -0.766. The van der Waals surface area contributed by atoms with Gasteiger partial charge in [-0.05, 0) is 24.0 Å². The molecule has 0 aromatic heterocycles. The lowest BCUT2D eigenvalue weighted by molar-refractivity contribution is -0.147. The second-order valence-electron chi connectivity index (χ2n) is 7.26. The average Bonchev–Trinajstić information content (AvgIpc) is 2.98. The zero-order valence-electron chi connectivity index (χ0n) is 14.5. The minimum Gasteiger partial charge on any atom is -0.388 e. The Hall–Kier alpha value is -1.88. The highest BCUT2D eigenvalue weighted by Crippen LogP contribution is 2.31. The van der Waals surface area contributed by atoms with Gasteiger partial charge in [-0.1, -0.05) is 37.1 Å². The van der Waals surface area contributed by atoms with Crippen molar-refractivity contribution in [2.24, 2.45) is 0 Å². The molecule has 1 saturated carbocycles. The van der Waals surface area contributed by atoms with Gasteiger partial charge >= 0.3 is 0 Å². The molecule has 130 valence electrons. The molecule has 1 fully saturated rings. The van der Waals surface area contributed by atoms with Gasteiger partial charge in [-0.15, -0.1) is 0 Å². The highest BCUT2D eigenvalue weighted by atomic mass is 16.3. The molecule has 5 heteroatoms. The van der Waals surface area contributed by atoms with Crippen LogP contribution in [0.25, 0.3) is 0 Å². The number of aliphatic hydroxyl groups is 1. The normalized spacial score (nSPS) is 22.1. The largest absolute Gasteiger partial charge is 0.388 e. The maximum Gasteiger partial charge on any atom is 0.245 e. The fraction of sp³-hybridized carbons (Fsp3) is 0.579. The Labute approximate surface area is 143 Å². The van der Waals surface area contributed by atoms with Crippen molar-refractivity contribution in [3.05, 3.63) is 35.4 Å². The fourth-order valence-electron chi connectivity index (χ4n) is 4.04. The van der Waals surface area contributed by atoms with Crippen LogP contribution in [0.1, 0.15) is 43.7 Å². The van der Waals surface area contributed by atoms with Gasteiger partial charge in [0, 0.05) is 33.5 Å². The molecule has 2 aliphatic rings. The number of carbonyl (C=O) groups is 2. The smallest absolute Gasteiger partial charge is 0.245 e. The molecular formula is C19H26N2O3. The van der Waals surface area contributed by atoms with E-state index in [-0.39, 0.29) is 11.8 Å². The summed E-state index contributed by atoms with van der Waals surface area (Å²) < 4.78 is 0. The maximum absolute atomic E-state index is 13.0. The monoisotopic (exact) mass is 330 g/mol. The van der Waals surface area contributed by atoms with E-state index in [4.69, 9.17) is 0 Å². The Balaban J connectivity index is 1.78. The first-order chi connectivity index (χ1) is 11.4. The molecule has 1 aliphatic heterocycles. The molecule has 0 bridgehead atoms. The summed E-state index contributed by atoms with van der Waals surface area (Å²) in [5.41, 5.74) is 1.47. The average molecular weight is 330 g/mol. The zero-order valence-corrected chi connectivity index (χ0v) is 14.5. The number of fused-ring (bicyclic) bond motifs is 1. The van der Waals surface area contributed by atoms with Crippen molar-refractivity contribution in [3.8, 4) is 0 Å². The number of nitrogens with zero attached hydrogens (tertiary/aromatic N) is 2. The molecule has 1 atom stereocenters. The topological polar surface area (TPSA) is 60.9 Å². The van der Waals surface area contributed by atoms with E-state index in [0.29, 0.717) is 19.5 Å². The third kappa shape index (κ3) is 3.31. The Morgan fingerprint density at radius 2 is 1.88 bits per heavy atom. The molecule has 0 saturated heterocycles. The van der Waals surface area contributed by atoms with Crippen LogP contribution in [-0.4, -0.2) is 52.0 Å². The minimum absolute atomic E-state index is 0.0833. The van der Waals surface area contributed by atoms with Crippen LogP contribution in [0.4, 0.5) is 0 Å². The first-order valence-corrected chi connectivity index (χ1v) is 8.71. The quantitative estimate of drug-likeness (QED) is 0.918. The van der Waals surface area contributed by atoms with Crippen molar-refractivity contribution in [1.29, 1.82) is 0 Å². The molecule has 1 aromatic carbocycles. The molecule has 1 aromatic rings. The molecule has 0 spiro atoms. The van der Waals surface area contributed by atoms with Crippen LogP contribution < -0.4 is 0 Å². The van der Waals surface area contributed by atoms with Crippen LogP contribution in [0.2, 0.25) is 0 Å². The molecule has 1 N–H and O–H groups in total. The van der Waals surface area contributed by atoms with Crippen molar-refractivity contribution < 1.29 is 14.7 Å². The predicted molar refractivity (Wildman–Crippen MR) is 91.2 cm³/mol. The number of hydrogen-bond acceptors (Lipinski definition) is 3. The lowest BCUT2D eigenvalue weighted by Gasteiger charge is -2.38. The van der Waals surface area contributed by atoms with Crippen LogP contribution >= 0.6 is 0 Å². The lowest BCUT2D eigenvalue weighted by Crippen LogP contribution is -2.54. The summed E-state index contributed by atoms with van der Waals surface area (Å²) in [6.07, 6.45) is 4.05. The second-order valence-corrected chi connectivity index (χ2v) is 7.26. The Morgan fingerprint density at radius 3 is 2.50 bits per heavy atom. The number of carbonyl (C=O) groups excluding carboxylic acids is 2. The van der Waals surface area contributed by atoms with Gasteiger partial charge in [-0.2, -0.15) is 0 Å². The van der Waals surface area contributed by atoms with Crippen molar-refractivity contribution in [3.63, 3.8) is 0 Å². The number of hydrogen-bond donors (Lipinski definition) is 1. The summed E-state index contributed by atoms with van der Waals surface area (Å²) in [6.45, 7) is 2.33. The molecular weight excluding hydrogens is 304 g/mol. The summed E-state index contributed by atoms with van der Waals surface area (Å²) in [6, 6.07) is 7.48. The van der Waals surface area contributed by atoms with Gasteiger partial charge < -0.3 is 14.9 Å². The van der Waals surface area contributed by atoms with Crippen LogP contribution in [-0.2, 0) is 22.6 Å². The Morgan fingerprint density at radius 1 is 1.25 bits per heavy atom. The molecule has 24 heavy (non-hydrogen) atoms. The lowest BCUT2D eigenvalue weighted by atomic mass is 9.92. The number of benzene rings is 1. The van der Waals surface area contributed by atoms with E-state index in [1.807, 2.05) is 24.3 Å². The first kappa shape index (κ1) is 17.0. The van der Waals surface area contributed by atoms with Crippen molar-refractivity contribution in [2.45, 2.75) is 57.2 Å². The number of rotatable bonds is 3. The summed E-state index contributed by atoms with van der Waals surface area (Å²) in [5.74, 6) is -0.171. The first-order valence-electron chi connectivity index (χ1n) is 8.71. The van der Waals surface area contributed by atoms with Gasteiger partial charge in [0.1, 0.15) is 6.04 Å². The molecule has 1 aliphatic carbocycles. The van der Waals surface area contributed by atoms with E-state index in [0.717, 1.165) is 36.8 Å². The summed E-state index contributed by atoms with van der Waals surface area (Å²) in [4.78, 5) is 28.3. The summed E-state index contributed by atoms with van der Waals surface area (Å²) in [7, 11) is 1.73. The second kappa shape index (κ2) is 6.55. The molecule has 2 amide bonds. The molecule has 5 nitrogen and oxygen atoms in total. The molecule has 1 heterocycles. The van der Waals surface area contributed by atoms with Crippen LogP contribution in [0.5, 0.6) is 0 Å². The van der Waals surface area contributed by atoms with E-state index in [9.17, 15) is 14.7 Å².